The van der Waals surface area contributed by atoms with E-state index in [0.717, 1.165) is 168 Å². The molecule has 1 N–H and O–H groups in total. The minimum Gasteiger partial charge on any atom is -0.793 e. The summed E-state index contributed by atoms with van der Waals surface area (Å²) < 4.78 is 17.4. The van der Waals surface area contributed by atoms with Crippen LogP contribution in [-0.2, 0) is 52.7 Å². The molecular formula is C62H77BN12NaO11. The number of Topliss-reactive ketones (excluding diaryl/α,β-unsaturated/α-hetero) is 1. The number of carbonyl (C=O) groups excluding carboxylic acids is 6. The van der Waals surface area contributed by atoms with E-state index < -0.39 is 17.9 Å². The zero-order valence-electron chi connectivity index (χ0n) is 50.4. The van der Waals surface area contributed by atoms with Crippen LogP contribution in [0.1, 0.15) is 46.5 Å². The van der Waals surface area contributed by atoms with Gasteiger partial charge in [-0.2, -0.15) is 10.2 Å². The van der Waals surface area contributed by atoms with E-state index in [1.165, 1.54) is 51.9 Å². The maximum absolute atomic E-state index is 12.4. The fraction of sp³-hybridized carbons (Fsp3) is 0.484. The number of benzene rings is 2. The second-order valence-electron chi connectivity index (χ2n) is 22.6. The monoisotopic (exact) mass is 1200 g/mol. The predicted octanol–water partition coefficient (Wildman–Crippen LogP) is 1.30. The summed E-state index contributed by atoms with van der Waals surface area (Å²) >= 11 is 0. The summed E-state index contributed by atoms with van der Waals surface area (Å²) in [6.45, 7) is 21.3. The summed E-state index contributed by atoms with van der Waals surface area (Å²) in [7, 11) is 4.32. The molecule has 2 aliphatic carbocycles. The van der Waals surface area contributed by atoms with Crippen LogP contribution in [0.4, 0.5) is 22.7 Å². The van der Waals surface area contributed by atoms with E-state index in [4.69, 9.17) is 4.74 Å². The molecule has 87 heavy (non-hydrogen) atoms. The summed E-state index contributed by atoms with van der Waals surface area (Å²) in [5.74, 6) is -0.205. The second-order valence-corrected chi connectivity index (χ2v) is 22.6. The molecule has 0 bridgehead atoms. The third-order valence-corrected chi connectivity index (χ3v) is 16.4. The van der Waals surface area contributed by atoms with Crippen LogP contribution < -0.4 is 54.5 Å². The maximum Gasteiger partial charge on any atom is 1.00 e. The first kappa shape index (κ1) is 64.4. The van der Waals surface area contributed by atoms with E-state index in [1.54, 1.807) is 0 Å². The second kappa shape index (κ2) is 30.7. The van der Waals surface area contributed by atoms with E-state index in [-0.39, 0.29) is 35.3 Å². The average molecular weight is 1200 g/mol. The van der Waals surface area contributed by atoms with Crippen molar-refractivity contribution in [3.63, 3.8) is 0 Å². The number of amides is 2. The molecule has 10 heterocycles. The van der Waals surface area contributed by atoms with Crippen LogP contribution in [0.2, 0.25) is 0 Å². The molecule has 25 heteroatoms. The Morgan fingerprint density at radius 2 is 0.908 bits per heavy atom. The predicted molar refractivity (Wildman–Crippen MR) is 325 cm³/mol. The van der Waals surface area contributed by atoms with E-state index in [2.05, 4.69) is 162 Å². The van der Waals surface area contributed by atoms with Crippen LogP contribution >= 0.6 is 0 Å². The van der Waals surface area contributed by atoms with Crippen LogP contribution in [0.15, 0.2) is 97.6 Å². The number of ketones is 1. The number of carbonyl (C=O) groups is 6. The first-order chi connectivity index (χ1) is 41.8. The number of anilines is 4. The van der Waals surface area contributed by atoms with Crippen molar-refractivity contribution in [1.29, 1.82) is 0 Å². The topological polar surface area (TPSA) is 218 Å². The summed E-state index contributed by atoms with van der Waals surface area (Å²) in [5, 5.41) is 12.6. The van der Waals surface area contributed by atoms with Crippen molar-refractivity contribution in [2.75, 3.05) is 151 Å². The molecule has 0 unspecified atom stereocenters. The van der Waals surface area contributed by atoms with Crippen LogP contribution in [-0.4, -0.2) is 215 Å². The number of hydrogen-bond donors (Lipinski definition) is 1. The molecule has 6 aliphatic heterocycles. The van der Waals surface area contributed by atoms with Gasteiger partial charge in [0.15, 0.2) is 5.78 Å². The molecule has 455 valence electrons. The first-order valence-electron chi connectivity index (χ1n) is 29.9. The Balaban J connectivity index is 0.000000161. The summed E-state index contributed by atoms with van der Waals surface area (Å²) in [6.07, 6.45) is 12.3. The van der Waals surface area contributed by atoms with Gasteiger partial charge in [-0.15, -0.1) is 0 Å². The normalized spacial score (nSPS) is 18.6. The van der Waals surface area contributed by atoms with Crippen molar-refractivity contribution in [3.05, 3.63) is 97.6 Å². The van der Waals surface area contributed by atoms with Gasteiger partial charge in [-0.05, 0) is 85.3 Å². The fourth-order valence-corrected chi connectivity index (χ4v) is 11.1. The first-order valence-corrected chi connectivity index (χ1v) is 29.9. The Labute approximate surface area is 530 Å². The van der Waals surface area contributed by atoms with Crippen molar-refractivity contribution in [2.45, 2.75) is 52.5 Å². The van der Waals surface area contributed by atoms with Gasteiger partial charge >= 0.3 is 41.5 Å². The number of piperazine rings is 4. The van der Waals surface area contributed by atoms with Crippen molar-refractivity contribution in [3.8, 4) is 22.3 Å². The van der Waals surface area contributed by atoms with E-state index in [9.17, 15) is 28.8 Å². The Morgan fingerprint density at radius 1 is 0.517 bits per heavy atom. The molecule has 6 saturated heterocycles. The Morgan fingerprint density at radius 3 is 1.24 bits per heavy atom. The molecule has 14 rings (SSSR count). The van der Waals surface area contributed by atoms with E-state index >= 15 is 0 Å². The third-order valence-electron chi connectivity index (χ3n) is 16.4. The zero-order valence-corrected chi connectivity index (χ0v) is 52.4. The molecule has 2 aromatic carbocycles. The maximum atomic E-state index is 12.4. The quantitative estimate of drug-likeness (QED) is 0.123. The van der Waals surface area contributed by atoms with Crippen LogP contribution in [0.3, 0.4) is 0 Å². The minimum absolute atomic E-state index is 0. The molecule has 0 spiro atoms. The number of ether oxygens (including phenoxy) is 2. The Hall–Kier alpha value is -7.06. The number of rotatable bonds is 9. The van der Waals surface area contributed by atoms with Crippen molar-refractivity contribution in [2.24, 2.45) is 11.8 Å². The number of aromatic nitrogens is 4. The molecule has 8 fully saturated rings. The summed E-state index contributed by atoms with van der Waals surface area (Å²) in [4.78, 5) is 87.8. The molecule has 4 aromatic heterocycles. The number of hydrogen-bond acceptors (Lipinski definition) is 19. The van der Waals surface area contributed by atoms with Gasteiger partial charge < -0.3 is 56.9 Å². The molecule has 2 amide bonds. The van der Waals surface area contributed by atoms with Crippen LogP contribution in [0.25, 0.3) is 33.3 Å². The van der Waals surface area contributed by atoms with Gasteiger partial charge in [0.1, 0.15) is 13.2 Å². The van der Waals surface area contributed by atoms with E-state index in [0.29, 0.717) is 42.9 Å². The Bertz CT molecular complexity index is 3260. The van der Waals surface area contributed by atoms with Gasteiger partial charge in [0.25, 0.3) is 0 Å². The average Bonchev–Trinajstić information content (AvgIpc) is 1.90. The van der Waals surface area contributed by atoms with Crippen LogP contribution in [0.5, 0.6) is 0 Å². The molecule has 2 saturated carbocycles. The molecule has 23 nitrogen and oxygen atoms in total. The largest absolute Gasteiger partial charge is 1.00 e. The summed E-state index contributed by atoms with van der Waals surface area (Å²) in [5.41, 5.74) is 12.0. The van der Waals surface area contributed by atoms with Gasteiger partial charge in [-0.3, -0.25) is 24.1 Å². The van der Waals surface area contributed by atoms with Crippen LogP contribution in [0, 0.1) is 11.8 Å². The SMILES string of the molecule is CC(=O)OOC(C)=O.O=C(C1CC1)N1CCN(c2ccnn3cc(-c4ccc(N5CCN(C6COC6)CC5)cc4)cc23)CC1.O=C(C1CC1)N1CCN(c2ccnn3cc(-c4ccc(N5CCNCC5)cc4)cc23)CC1.O=C1COC1.[B-]OC(C)=O.[Na+]. The smallest absolute Gasteiger partial charge is 0.793 e. The Kier molecular flexibility index (Phi) is 22.7. The standard InChI is InChI=1S/C28H34N6O2.C25H30N6O.C4H6O4.C3H4O2.C2H3BO2.Na/c35-28(22-1-2-22)33-15-13-32(14-16-33)26-7-8-29-34-18-23(17-27(26)34)21-3-5-24(6-4-21)30-9-11-31(12-10-30)25-19-36-20-25;32-25(20-1-2-20)30-15-13-29(14-16-30)23-7-8-27-31-18-21(17-24(23)31)19-3-5-22(6-4-19)28-11-9-26-10-12-28;1-3(5)7-8-4(2)6;4-3-1-5-2-3;1-2(4)5-3;/h3-8,17-18,22,25H,1-2,9-16,19-20H2;3-8,17-18,20,26H,1-2,9-16H2;1-2H3;1-2H2;1H3;/q;;;;-1;+1. The third kappa shape index (κ3) is 17.4. The van der Waals surface area contributed by atoms with Crippen molar-refractivity contribution >= 4 is 77.3 Å². The molecule has 3 radical (unpaired) electrons. The van der Waals surface area contributed by atoms with Gasteiger partial charge in [-0.1, -0.05) is 24.3 Å². The molecule has 6 aromatic rings. The molecular weight excluding hydrogens is 1120 g/mol. The van der Waals surface area contributed by atoms with Gasteiger partial charge in [0.2, 0.25) is 17.8 Å². The van der Waals surface area contributed by atoms with Gasteiger partial charge in [0.05, 0.1) is 41.7 Å². The molecule has 0 atom stereocenters. The zero-order chi connectivity index (χ0) is 60.1. The van der Waals surface area contributed by atoms with Crippen molar-refractivity contribution < 1.29 is 82.2 Å². The number of nitrogens with one attached hydrogen (secondary N) is 1. The van der Waals surface area contributed by atoms with Gasteiger partial charge in [-0.25, -0.2) is 28.4 Å². The minimum atomic E-state index is -0.639. The van der Waals surface area contributed by atoms with Gasteiger partial charge in [0, 0.05) is 185 Å². The number of fused-ring (bicyclic) bond motifs is 2. The van der Waals surface area contributed by atoms with Crippen molar-refractivity contribution in [1.82, 2.24) is 39.2 Å². The van der Waals surface area contributed by atoms with E-state index in [1.807, 2.05) is 21.4 Å². The number of nitrogens with zero attached hydrogens (tertiary/aromatic N) is 11. The summed E-state index contributed by atoms with van der Waals surface area (Å²) in [6, 6.07) is 27.2. The fourth-order valence-electron chi connectivity index (χ4n) is 11.1. The molecule has 8 aliphatic rings.